The first-order valence-corrected chi connectivity index (χ1v) is 10.2. The quantitative estimate of drug-likeness (QED) is 0.480. The van der Waals surface area contributed by atoms with Crippen molar-refractivity contribution in [2.45, 2.75) is 93.5 Å². The van der Waals surface area contributed by atoms with Crippen molar-refractivity contribution in [3.63, 3.8) is 0 Å². The van der Waals surface area contributed by atoms with Crippen molar-refractivity contribution in [3.05, 3.63) is 23.3 Å². The Labute approximate surface area is 152 Å². The maximum atomic E-state index is 2.63. The van der Waals surface area contributed by atoms with E-state index >= 15 is 0 Å². The van der Waals surface area contributed by atoms with Crippen LogP contribution in [0.2, 0.25) is 0 Å². The zero-order valence-electron chi connectivity index (χ0n) is 18.0. The number of likely N-dealkylation sites (N-methyl/N-ethyl adjacent to an activating group) is 1. The van der Waals surface area contributed by atoms with Crippen LogP contribution in [0.3, 0.4) is 0 Å². The lowest BCUT2D eigenvalue weighted by Gasteiger charge is -2.43. The van der Waals surface area contributed by atoms with Crippen molar-refractivity contribution in [2.75, 3.05) is 13.6 Å². The molecule has 2 aliphatic carbocycles. The standard InChI is InChI=1S/C21H37N.C2H6/c1-16(2)9-8-10-17(3)12-14-22(7)19-15-18-11-13-21(19,6)20(18,4)5;1-2/h9,12,18-19H,8,10-11,13-15H2,1-7H3;1-2H3/b17-12+;. The lowest BCUT2D eigenvalue weighted by atomic mass is 9.69. The monoisotopic (exact) mass is 333 g/mol. The van der Waals surface area contributed by atoms with Gasteiger partial charge in [0.1, 0.15) is 0 Å². The second kappa shape index (κ2) is 8.70. The fourth-order valence-corrected chi connectivity index (χ4v) is 4.95. The van der Waals surface area contributed by atoms with Gasteiger partial charge >= 0.3 is 0 Å². The average molecular weight is 334 g/mol. The minimum Gasteiger partial charge on any atom is -0.299 e. The lowest BCUT2D eigenvalue weighted by molar-refractivity contribution is 0.0641. The van der Waals surface area contributed by atoms with E-state index in [1.807, 2.05) is 13.8 Å². The van der Waals surface area contributed by atoms with E-state index in [-0.39, 0.29) is 0 Å². The van der Waals surface area contributed by atoms with Gasteiger partial charge in [-0.2, -0.15) is 0 Å². The highest BCUT2D eigenvalue weighted by Gasteiger charge is 2.61. The second-order valence-corrected chi connectivity index (χ2v) is 8.94. The number of allylic oxidation sites excluding steroid dienone is 3. The van der Waals surface area contributed by atoms with E-state index in [0.717, 1.165) is 18.5 Å². The molecule has 0 radical (unpaired) electrons. The molecule has 0 aromatic heterocycles. The molecule has 0 spiro atoms. The molecule has 1 heteroatoms. The largest absolute Gasteiger partial charge is 0.299 e. The first-order chi connectivity index (χ1) is 11.2. The van der Waals surface area contributed by atoms with Crippen molar-refractivity contribution in [3.8, 4) is 0 Å². The third kappa shape index (κ3) is 4.34. The normalized spacial score (nSPS) is 31.0. The SMILES string of the molecule is CC.CC(C)=CCC/C(C)=C/CN(C)C1CC2CCC1(C)C2(C)C. The molecule has 0 amide bonds. The molecule has 0 N–H and O–H groups in total. The Kier molecular flexibility index (Phi) is 7.78. The summed E-state index contributed by atoms with van der Waals surface area (Å²) in [5, 5.41) is 0. The van der Waals surface area contributed by atoms with Crippen LogP contribution in [0.5, 0.6) is 0 Å². The molecular weight excluding hydrogens is 290 g/mol. The molecule has 0 aromatic carbocycles. The van der Waals surface area contributed by atoms with E-state index in [0.29, 0.717) is 10.8 Å². The third-order valence-electron chi connectivity index (χ3n) is 7.10. The summed E-state index contributed by atoms with van der Waals surface area (Å²) in [6.45, 7) is 19.3. The van der Waals surface area contributed by atoms with Crippen molar-refractivity contribution >= 4 is 0 Å². The van der Waals surface area contributed by atoms with Gasteiger partial charge < -0.3 is 0 Å². The van der Waals surface area contributed by atoms with Crippen molar-refractivity contribution in [2.24, 2.45) is 16.7 Å². The number of nitrogens with zero attached hydrogens (tertiary/aromatic N) is 1. The van der Waals surface area contributed by atoms with Gasteiger partial charge in [0.15, 0.2) is 0 Å². The topological polar surface area (TPSA) is 3.24 Å². The fourth-order valence-electron chi connectivity index (χ4n) is 4.95. The van der Waals surface area contributed by atoms with Gasteiger partial charge in [-0.15, -0.1) is 0 Å². The Morgan fingerprint density at radius 1 is 1.08 bits per heavy atom. The molecule has 0 heterocycles. The predicted molar refractivity (Wildman–Crippen MR) is 109 cm³/mol. The van der Waals surface area contributed by atoms with Crippen LogP contribution in [-0.2, 0) is 0 Å². The molecule has 2 aliphatic rings. The van der Waals surface area contributed by atoms with E-state index in [2.05, 4.69) is 65.6 Å². The summed E-state index contributed by atoms with van der Waals surface area (Å²) >= 11 is 0. The molecule has 3 atom stereocenters. The molecule has 140 valence electrons. The summed E-state index contributed by atoms with van der Waals surface area (Å²) in [6, 6.07) is 0.767. The van der Waals surface area contributed by atoms with Gasteiger partial charge in [0, 0.05) is 12.6 Å². The van der Waals surface area contributed by atoms with Crippen molar-refractivity contribution in [1.29, 1.82) is 0 Å². The summed E-state index contributed by atoms with van der Waals surface area (Å²) in [5.41, 5.74) is 4.00. The first kappa shape index (κ1) is 21.5. The van der Waals surface area contributed by atoms with Crippen LogP contribution in [0, 0.1) is 16.7 Å². The van der Waals surface area contributed by atoms with Crippen LogP contribution in [0.15, 0.2) is 23.3 Å². The maximum absolute atomic E-state index is 2.63. The molecule has 0 aromatic rings. The third-order valence-corrected chi connectivity index (χ3v) is 7.10. The highest BCUT2D eigenvalue weighted by atomic mass is 15.2. The molecule has 0 saturated heterocycles. The van der Waals surface area contributed by atoms with Crippen LogP contribution in [0.4, 0.5) is 0 Å². The Morgan fingerprint density at radius 2 is 1.71 bits per heavy atom. The summed E-state index contributed by atoms with van der Waals surface area (Å²) < 4.78 is 0. The minimum absolute atomic E-state index is 0.510. The molecular formula is C23H43N. The second-order valence-electron chi connectivity index (χ2n) is 8.94. The lowest BCUT2D eigenvalue weighted by Crippen LogP contribution is -2.45. The zero-order chi connectivity index (χ0) is 18.5. The molecule has 3 unspecified atom stereocenters. The summed E-state index contributed by atoms with van der Waals surface area (Å²) in [7, 11) is 2.34. The molecule has 2 fully saturated rings. The van der Waals surface area contributed by atoms with E-state index in [1.165, 1.54) is 43.3 Å². The van der Waals surface area contributed by atoms with Crippen LogP contribution < -0.4 is 0 Å². The van der Waals surface area contributed by atoms with Crippen molar-refractivity contribution in [1.82, 2.24) is 4.90 Å². The van der Waals surface area contributed by atoms with Crippen LogP contribution in [-0.4, -0.2) is 24.5 Å². The molecule has 2 bridgehead atoms. The van der Waals surface area contributed by atoms with E-state index in [1.54, 1.807) is 0 Å². The van der Waals surface area contributed by atoms with E-state index in [9.17, 15) is 0 Å². The fraction of sp³-hybridized carbons (Fsp3) is 0.826. The van der Waals surface area contributed by atoms with Gasteiger partial charge in [-0.25, -0.2) is 0 Å². The summed E-state index contributed by atoms with van der Waals surface area (Å²) in [5.74, 6) is 0.938. The first-order valence-electron chi connectivity index (χ1n) is 10.2. The van der Waals surface area contributed by atoms with Gasteiger partial charge in [0.05, 0.1) is 0 Å². The molecule has 2 rings (SSSR count). The Bertz CT molecular complexity index is 453. The van der Waals surface area contributed by atoms with Crippen LogP contribution in [0.25, 0.3) is 0 Å². The number of rotatable bonds is 6. The smallest absolute Gasteiger partial charge is 0.0165 e. The Morgan fingerprint density at radius 3 is 2.17 bits per heavy atom. The summed E-state index contributed by atoms with van der Waals surface area (Å²) in [6.07, 6.45) is 11.5. The van der Waals surface area contributed by atoms with E-state index in [4.69, 9.17) is 0 Å². The number of hydrogen-bond acceptors (Lipinski definition) is 1. The highest BCUT2D eigenvalue weighted by Crippen LogP contribution is 2.66. The molecule has 0 aliphatic heterocycles. The van der Waals surface area contributed by atoms with Gasteiger partial charge in [-0.1, -0.05) is 57.9 Å². The maximum Gasteiger partial charge on any atom is 0.0165 e. The van der Waals surface area contributed by atoms with E-state index < -0.39 is 0 Å². The van der Waals surface area contributed by atoms with Crippen molar-refractivity contribution < 1.29 is 0 Å². The Balaban J connectivity index is 0.00000139. The zero-order valence-corrected chi connectivity index (χ0v) is 18.0. The number of hydrogen-bond donors (Lipinski definition) is 0. The number of fused-ring (bicyclic) bond motifs is 2. The highest BCUT2D eigenvalue weighted by molar-refractivity contribution is 5.14. The van der Waals surface area contributed by atoms with Gasteiger partial charge in [-0.05, 0) is 76.7 Å². The molecule has 1 nitrogen and oxygen atoms in total. The summed E-state index contributed by atoms with van der Waals surface area (Å²) in [4.78, 5) is 2.63. The van der Waals surface area contributed by atoms with Crippen LogP contribution >= 0.6 is 0 Å². The van der Waals surface area contributed by atoms with Gasteiger partial charge in [-0.3, -0.25) is 4.90 Å². The van der Waals surface area contributed by atoms with Gasteiger partial charge in [0.25, 0.3) is 0 Å². The predicted octanol–water partition coefficient (Wildman–Crippen LogP) is 6.85. The average Bonchev–Trinajstić information content (AvgIpc) is 2.87. The molecule has 2 saturated carbocycles. The van der Waals surface area contributed by atoms with Crippen LogP contribution in [0.1, 0.15) is 87.5 Å². The minimum atomic E-state index is 0.510. The Hall–Kier alpha value is -0.560. The molecule has 24 heavy (non-hydrogen) atoms. The van der Waals surface area contributed by atoms with Gasteiger partial charge in [0.2, 0.25) is 0 Å².